The molecule has 0 bridgehead atoms. The Morgan fingerprint density at radius 2 is 2.05 bits per heavy atom. The second-order valence-electron chi connectivity index (χ2n) is 5.43. The quantitative estimate of drug-likeness (QED) is 0.807. The lowest BCUT2D eigenvalue weighted by atomic mass is 10.0. The number of piperidine rings is 1. The van der Waals surface area contributed by atoms with Gasteiger partial charge in [-0.2, -0.15) is 0 Å². The van der Waals surface area contributed by atoms with E-state index in [9.17, 15) is 21.2 Å². The van der Waals surface area contributed by atoms with E-state index in [-0.39, 0.29) is 17.4 Å². The van der Waals surface area contributed by atoms with E-state index >= 15 is 0 Å². The van der Waals surface area contributed by atoms with Crippen LogP contribution in [0.5, 0.6) is 0 Å². The molecule has 6 nitrogen and oxygen atoms in total. The Balaban J connectivity index is 2.14. The molecule has 1 fully saturated rings. The average Bonchev–Trinajstić information content (AvgIpc) is 2.45. The van der Waals surface area contributed by atoms with Gasteiger partial charge in [-0.25, -0.2) is 25.9 Å². The summed E-state index contributed by atoms with van der Waals surface area (Å²) in [5.41, 5.74) is 0. The zero-order chi connectivity index (χ0) is 16.4. The SMILES string of the molecule is CS(=O)(=O)c1ccc(S(=O)(=O)NCC2CCCNC2)cc1F. The molecule has 9 heteroatoms. The fourth-order valence-corrected chi connectivity index (χ4v) is 4.21. The molecule has 1 saturated heterocycles. The molecular formula is C13H19FN2O4S2. The van der Waals surface area contributed by atoms with E-state index in [1.807, 2.05) is 0 Å². The van der Waals surface area contributed by atoms with Crippen LogP contribution in [0, 0.1) is 11.7 Å². The highest BCUT2D eigenvalue weighted by atomic mass is 32.2. The van der Waals surface area contributed by atoms with Crippen LogP contribution < -0.4 is 10.0 Å². The maximum Gasteiger partial charge on any atom is 0.240 e. The van der Waals surface area contributed by atoms with E-state index in [0.29, 0.717) is 0 Å². The Kier molecular flexibility index (Phi) is 5.21. The number of sulfonamides is 1. The fraction of sp³-hybridized carbons (Fsp3) is 0.538. The van der Waals surface area contributed by atoms with E-state index < -0.39 is 30.6 Å². The van der Waals surface area contributed by atoms with Gasteiger partial charge >= 0.3 is 0 Å². The Morgan fingerprint density at radius 3 is 2.59 bits per heavy atom. The van der Waals surface area contributed by atoms with Gasteiger partial charge in [-0.1, -0.05) is 0 Å². The number of halogens is 1. The molecule has 2 N–H and O–H groups in total. The summed E-state index contributed by atoms with van der Waals surface area (Å²) in [5, 5.41) is 3.18. The highest BCUT2D eigenvalue weighted by Gasteiger charge is 2.21. The summed E-state index contributed by atoms with van der Waals surface area (Å²) in [4.78, 5) is -0.788. The first kappa shape index (κ1) is 17.3. The predicted octanol–water partition coefficient (Wildman–Crippen LogP) is 0.507. The van der Waals surface area contributed by atoms with Crippen LogP contribution in [0.3, 0.4) is 0 Å². The zero-order valence-electron chi connectivity index (χ0n) is 12.2. The van der Waals surface area contributed by atoms with Gasteiger partial charge in [0.15, 0.2) is 9.84 Å². The Morgan fingerprint density at radius 1 is 1.32 bits per heavy atom. The van der Waals surface area contributed by atoms with E-state index in [0.717, 1.165) is 50.4 Å². The van der Waals surface area contributed by atoms with Crippen molar-refractivity contribution in [3.63, 3.8) is 0 Å². The summed E-state index contributed by atoms with van der Waals surface area (Å²) >= 11 is 0. The van der Waals surface area contributed by atoms with Gasteiger partial charge in [0, 0.05) is 12.8 Å². The van der Waals surface area contributed by atoms with Crippen LogP contribution in [0.25, 0.3) is 0 Å². The highest BCUT2D eigenvalue weighted by molar-refractivity contribution is 7.90. The molecule has 1 aliphatic heterocycles. The van der Waals surface area contributed by atoms with Crippen LogP contribution in [0.1, 0.15) is 12.8 Å². The van der Waals surface area contributed by atoms with Gasteiger partial charge in [0.2, 0.25) is 10.0 Å². The lowest BCUT2D eigenvalue weighted by molar-refractivity contribution is 0.376. The summed E-state index contributed by atoms with van der Waals surface area (Å²) in [6.45, 7) is 1.94. The number of sulfone groups is 1. The summed E-state index contributed by atoms with van der Waals surface area (Å²) in [6.07, 6.45) is 2.79. The fourth-order valence-electron chi connectivity index (χ4n) is 2.36. The van der Waals surface area contributed by atoms with Crippen LogP contribution >= 0.6 is 0 Å². The second-order valence-corrected chi connectivity index (χ2v) is 9.18. The van der Waals surface area contributed by atoms with Crippen LogP contribution in [-0.2, 0) is 19.9 Å². The molecular weight excluding hydrogens is 331 g/mol. The van der Waals surface area contributed by atoms with Crippen molar-refractivity contribution in [2.24, 2.45) is 5.92 Å². The molecule has 1 aromatic carbocycles. The van der Waals surface area contributed by atoms with Crippen molar-refractivity contribution < 1.29 is 21.2 Å². The summed E-state index contributed by atoms with van der Waals surface area (Å²) < 4.78 is 63.2. The predicted molar refractivity (Wildman–Crippen MR) is 80.3 cm³/mol. The maximum atomic E-state index is 13.8. The van der Waals surface area contributed by atoms with Crippen molar-refractivity contribution in [2.75, 3.05) is 25.9 Å². The zero-order valence-corrected chi connectivity index (χ0v) is 13.8. The van der Waals surface area contributed by atoms with E-state index in [4.69, 9.17) is 0 Å². The molecule has 124 valence electrons. The molecule has 1 atom stereocenters. The first-order chi connectivity index (χ1) is 10.2. The van der Waals surface area contributed by atoms with Gasteiger partial charge in [0.25, 0.3) is 0 Å². The van der Waals surface area contributed by atoms with Crippen molar-refractivity contribution in [1.29, 1.82) is 0 Å². The third-order valence-electron chi connectivity index (χ3n) is 3.57. The number of benzene rings is 1. The molecule has 0 spiro atoms. The van der Waals surface area contributed by atoms with Crippen molar-refractivity contribution in [2.45, 2.75) is 22.6 Å². The van der Waals surface area contributed by atoms with E-state index in [1.54, 1.807) is 0 Å². The molecule has 1 aromatic rings. The first-order valence-corrected chi connectivity index (χ1v) is 10.3. The minimum Gasteiger partial charge on any atom is -0.316 e. The summed E-state index contributed by atoms with van der Waals surface area (Å²) in [5.74, 6) is -0.867. The van der Waals surface area contributed by atoms with Crippen LogP contribution in [-0.4, -0.2) is 42.7 Å². The Labute approximate surface area is 130 Å². The minimum atomic E-state index is -3.86. The molecule has 1 unspecified atom stereocenters. The molecule has 0 saturated carbocycles. The maximum absolute atomic E-state index is 13.8. The van der Waals surface area contributed by atoms with Crippen LogP contribution in [0.4, 0.5) is 4.39 Å². The standard InChI is InChI=1S/C13H19FN2O4S2/c1-21(17,18)13-5-4-11(7-12(13)14)22(19,20)16-9-10-3-2-6-15-8-10/h4-5,7,10,15-16H,2-3,6,8-9H2,1H3. The van der Waals surface area contributed by atoms with Gasteiger partial charge in [-0.05, 0) is 50.0 Å². The minimum absolute atomic E-state index is 0.198. The topological polar surface area (TPSA) is 92.3 Å². The third kappa shape index (κ3) is 4.25. The molecule has 0 aromatic heterocycles. The van der Waals surface area contributed by atoms with Gasteiger partial charge in [0.05, 0.1) is 4.90 Å². The second kappa shape index (κ2) is 6.61. The van der Waals surface area contributed by atoms with E-state index in [2.05, 4.69) is 10.0 Å². The molecule has 1 aliphatic rings. The van der Waals surface area contributed by atoms with Crippen molar-refractivity contribution >= 4 is 19.9 Å². The monoisotopic (exact) mass is 350 g/mol. The largest absolute Gasteiger partial charge is 0.316 e. The molecule has 2 rings (SSSR count). The normalized spacial score (nSPS) is 20.0. The number of rotatable bonds is 5. The van der Waals surface area contributed by atoms with Crippen molar-refractivity contribution in [1.82, 2.24) is 10.0 Å². The van der Waals surface area contributed by atoms with E-state index in [1.165, 1.54) is 0 Å². The highest BCUT2D eigenvalue weighted by Crippen LogP contribution is 2.19. The number of nitrogens with one attached hydrogen (secondary N) is 2. The summed E-state index contributed by atoms with van der Waals surface area (Å²) in [6, 6.07) is 2.81. The molecule has 1 heterocycles. The van der Waals surface area contributed by atoms with Crippen LogP contribution in [0.2, 0.25) is 0 Å². The summed E-state index contributed by atoms with van der Waals surface area (Å²) in [7, 11) is -7.58. The van der Waals surface area contributed by atoms with Crippen molar-refractivity contribution in [3.8, 4) is 0 Å². The smallest absolute Gasteiger partial charge is 0.240 e. The first-order valence-electron chi connectivity index (χ1n) is 6.90. The number of hydrogen-bond acceptors (Lipinski definition) is 5. The van der Waals surface area contributed by atoms with Gasteiger partial charge in [-0.3, -0.25) is 0 Å². The van der Waals surface area contributed by atoms with Gasteiger partial charge in [-0.15, -0.1) is 0 Å². The lowest BCUT2D eigenvalue weighted by Crippen LogP contribution is -2.38. The van der Waals surface area contributed by atoms with Gasteiger partial charge in [0.1, 0.15) is 10.7 Å². The van der Waals surface area contributed by atoms with Gasteiger partial charge < -0.3 is 5.32 Å². The Bertz CT molecular complexity index is 741. The average molecular weight is 350 g/mol. The third-order valence-corrected chi connectivity index (χ3v) is 6.13. The lowest BCUT2D eigenvalue weighted by Gasteiger charge is -2.22. The molecule has 0 radical (unpaired) electrons. The molecule has 0 amide bonds. The molecule has 22 heavy (non-hydrogen) atoms. The number of hydrogen-bond donors (Lipinski definition) is 2. The van der Waals surface area contributed by atoms with Crippen LogP contribution in [0.15, 0.2) is 28.0 Å². The molecule has 0 aliphatic carbocycles. The Hall–Kier alpha value is -1.03. The van der Waals surface area contributed by atoms with Crippen molar-refractivity contribution in [3.05, 3.63) is 24.0 Å².